The van der Waals surface area contributed by atoms with Crippen molar-refractivity contribution in [3.8, 4) is 0 Å². The highest BCUT2D eigenvalue weighted by molar-refractivity contribution is 5.95. The summed E-state index contributed by atoms with van der Waals surface area (Å²) in [6, 6.07) is 5.52. The molecular formula is C16H25N3O2. The molecular weight excluding hydrogens is 266 g/mol. The summed E-state index contributed by atoms with van der Waals surface area (Å²) in [5.41, 5.74) is 7.15. The predicted octanol–water partition coefficient (Wildman–Crippen LogP) is 2.20. The molecule has 0 heterocycles. The number of nitrogens with two attached hydrogens (primary N) is 1. The summed E-state index contributed by atoms with van der Waals surface area (Å²) < 4.78 is 0. The van der Waals surface area contributed by atoms with Crippen LogP contribution in [0.15, 0.2) is 18.2 Å². The summed E-state index contributed by atoms with van der Waals surface area (Å²) >= 11 is 0. The second-order valence-electron chi connectivity index (χ2n) is 5.94. The molecule has 0 saturated heterocycles. The molecule has 1 aromatic rings. The monoisotopic (exact) mass is 291 g/mol. The van der Waals surface area contributed by atoms with Crippen molar-refractivity contribution in [2.75, 3.05) is 11.9 Å². The largest absolute Gasteiger partial charge is 0.385 e. The molecule has 116 valence electrons. The van der Waals surface area contributed by atoms with E-state index < -0.39 is 11.4 Å². The maximum absolute atomic E-state index is 12.2. The van der Waals surface area contributed by atoms with Gasteiger partial charge in [0.05, 0.1) is 0 Å². The first-order valence-corrected chi connectivity index (χ1v) is 7.20. The molecule has 0 spiro atoms. The zero-order valence-corrected chi connectivity index (χ0v) is 13.2. The average Bonchev–Trinajstić information content (AvgIpc) is 2.34. The van der Waals surface area contributed by atoms with Gasteiger partial charge in [-0.15, -0.1) is 0 Å². The lowest BCUT2D eigenvalue weighted by atomic mass is 9.99. The Hall–Kier alpha value is -2.04. The van der Waals surface area contributed by atoms with Crippen LogP contribution in [0.3, 0.4) is 0 Å². The molecule has 21 heavy (non-hydrogen) atoms. The van der Waals surface area contributed by atoms with Gasteiger partial charge in [-0.1, -0.05) is 6.92 Å². The number of primary amides is 1. The van der Waals surface area contributed by atoms with Crippen molar-refractivity contribution in [2.45, 2.75) is 46.1 Å². The third-order valence-electron chi connectivity index (χ3n) is 3.12. The quantitative estimate of drug-likeness (QED) is 0.720. The van der Waals surface area contributed by atoms with E-state index in [1.165, 1.54) is 0 Å². The predicted molar refractivity (Wildman–Crippen MR) is 85.3 cm³/mol. The molecule has 0 aliphatic carbocycles. The van der Waals surface area contributed by atoms with E-state index in [1.807, 2.05) is 19.1 Å². The van der Waals surface area contributed by atoms with Crippen LogP contribution in [0.1, 0.15) is 49.5 Å². The zero-order chi connectivity index (χ0) is 16.0. The summed E-state index contributed by atoms with van der Waals surface area (Å²) in [4.78, 5) is 23.2. The minimum absolute atomic E-state index is 0.105. The van der Waals surface area contributed by atoms with Gasteiger partial charge in [0.25, 0.3) is 5.91 Å². The van der Waals surface area contributed by atoms with E-state index in [9.17, 15) is 9.59 Å². The summed E-state index contributed by atoms with van der Waals surface area (Å²) in [6.07, 6.45) is 1.15. The SMILES string of the molecule is CCCNc1ccc(C(=O)NC(C)(C)CC(N)=O)cc1C. The van der Waals surface area contributed by atoms with Crippen LogP contribution in [0.2, 0.25) is 0 Å². The van der Waals surface area contributed by atoms with E-state index in [-0.39, 0.29) is 12.3 Å². The Morgan fingerprint density at radius 3 is 2.48 bits per heavy atom. The molecule has 0 aliphatic rings. The van der Waals surface area contributed by atoms with Crippen LogP contribution in [0.25, 0.3) is 0 Å². The van der Waals surface area contributed by atoms with E-state index in [1.54, 1.807) is 19.9 Å². The average molecular weight is 291 g/mol. The Kier molecular flexibility index (Phi) is 5.76. The number of amides is 2. The molecule has 0 saturated carbocycles. The summed E-state index contributed by atoms with van der Waals surface area (Å²) in [6.45, 7) is 8.52. The van der Waals surface area contributed by atoms with Crippen LogP contribution >= 0.6 is 0 Å². The van der Waals surface area contributed by atoms with Crippen molar-refractivity contribution in [3.05, 3.63) is 29.3 Å². The number of benzene rings is 1. The number of aryl methyl sites for hydroxylation is 1. The topological polar surface area (TPSA) is 84.2 Å². The van der Waals surface area contributed by atoms with Gasteiger partial charge in [-0.3, -0.25) is 9.59 Å². The molecule has 2 amide bonds. The molecule has 1 aromatic carbocycles. The minimum atomic E-state index is -0.657. The van der Waals surface area contributed by atoms with Gasteiger partial charge < -0.3 is 16.4 Å². The van der Waals surface area contributed by atoms with Crippen molar-refractivity contribution >= 4 is 17.5 Å². The molecule has 0 atom stereocenters. The number of carbonyl (C=O) groups excluding carboxylic acids is 2. The number of hydrogen-bond donors (Lipinski definition) is 3. The van der Waals surface area contributed by atoms with E-state index >= 15 is 0 Å². The Balaban J connectivity index is 2.79. The fourth-order valence-corrected chi connectivity index (χ4v) is 2.12. The highest BCUT2D eigenvalue weighted by atomic mass is 16.2. The molecule has 1 rings (SSSR count). The molecule has 0 unspecified atom stereocenters. The maximum atomic E-state index is 12.2. The van der Waals surface area contributed by atoms with Crippen molar-refractivity contribution in [1.82, 2.24) is 5.32 Å². The van der Waals surface area contributed by atoms with E-state index in [0.29, 0.717) is 5.56 Å². The second kappa shape index (κ2) is 7.11. The first kappa shape index (κ1) is 17.0. The van der Waals surface area contributed by atoms with Gasteiger partial charge in [-0.2, -0.15) is 0 Å². The van der Waals surface area contributed by atoms with Crippen molar-refractivity contribution in [3.63, 3.8) is 0 Å². The minimum Gasteiger partial charge on any atom is -0.385 e. The van der Waals surface area contributed by atoms with Crippen molar-refractivity contribution < 1.29 is 9.59 Å². The van der Waals surface area contributed by atoms with Crippen molar-refractivity contribution in [2.24, 2.45) is 5.73 Å². The highest BCUT2D eigenvalue weighted by Crippen LogP contribution is 2.17. The van der Waals surface area contributed by atoms with Crippen LogP contribution in [-0.2, 0) is 4.79 Å². The van der Waals surface area contributed by atoms with Gasteiger partial charge in [0.15, 0.2) is 0 Å². The van der Waals surface area contributed by atoms with Crippen LogP contribution < -0.4 is 16.4 Å². The zero-order valence-electron chi connectivity index (χ0n) is 13.2. The number of hydrogen-bond acceptors (Lipinski definition) is 3. The lowest BCUT2D eigenvalue weighted by Gasteiger charge is -2.25. The Morgan fingerprint density at radius 1 is 1.29 bits per heavy atom. The first-order chi connectivity index (χ1) is 9.75. The summed E-state index contributed by atoms with van der Waals surface area (Å²) in [5.74, 6) is -0.637. The molecule has 5 nitrogen and oxygen atoms in total. The van der Waals surface area contributed by atoms with Crippen LogP contribution in [-0.4, -0.2) is 23.9 Å². The number of rotatable bonds is 7. The third kappa shape index (κ3) is 5.45. The Morgan fingerprint density at radius 2 is 1.95 bits per heavy atom. The first-order valence-electron chi connectivity index (χ1n) is 7.20. The molecule has 0 radical (unpaired) electrons. The highest BCUT2D eigenvalue weighted by Gasteiger charge is 2.23. The van der Waals surface area contributed by atoms with E-state index in [2.05, 4.69) is 17.6 Å². The fraction of sp³-hybridized carbons (Fsp3) is 0.500. The van der Waals surface area contributed by atoms with E-state index in [4.69, 9.17) is 5.73 Å². The maximum Gasteiger partial charge on any atom is 0.251 e. The smallest absolute Gasteiger partial charge is 0.251 e. The molecule has 5 heteroatoms. The second-order valence-corrected chi connectivity index (χ2v) is 5.94. The normalized spacial score (nSPS) is 11.0. The van der Waals surface area contributed by atoms with Gasteiger partial charge in [0.2, 0.25) is 5.91 Å². The summed E-state index contributed by atoms with van der Waals surface area (Å²) in [5, 5.41) is 6.14. The number of anilines is 1. The lowest BCUT2D eigenvalue weighted by molar-refractivity contribution is -0.119. The van der Waals surface area contributed by atoms with Gasteiger partial charge in [-0.05, 0) is 51.0 Å². The van der Waals surface area contributed by atoms with Gasteiger partial charge in [0.1, 0.15) is 0 Å². The molecule has 0 bridgehead atoms. The standard InChI is InChI=1S/C16H25N3O2/c1-5-8-18-13-7-6-12(9-11(13)2)15(21)19-16(3,4)10-14(17)20/h6-7,9,18H,5,8,10H2,1-4H3,(H2,17,20)(H,19,21). The van der Waals surface area contributed by atoms with Crippen LogP contribution in [0, 0.1) is 6.92 Å². The molecule has 0 aromatic heterocycles. The number of nitrogens with one attached hydrogen (secondary N) is 2. The van der Waals surface area contributed by atoms with Crippen LogP contribution in [0.5, 0.6) is 0 Å². The van der Waals surface area contributed by atoms with E-state index in [0.717, 1.165) is 24.2 Å². The fourth-order valence-electron chi connectivity index (χ4n) is 2.12. The third-order valence-corrected chi connectivity index (χ3v) is 3.12. The Labute approximate surface area is 126 Å². The Bertz CT molecular complexity index is 524. The van der Waals surface area contributed by atoms with Gasteiger partial charge >= 0.3 is 0 Å². The molecule has 0 fully saturated rings. The van der Waals surface area contributed by atoms with Gasteiger partial charge in [0, 0.05) is 29.8 Å². The van der Waals surface area contributed by atoms with Crippen molar-refractivity contribution in [1.29, 1.82) is 0 Å². The van der Waals surface area contributed by atoms with Gasteiger partial charge in [-0.25, -0.2) is 0 Å². The number of carbonyl (C=O) groups is 2. The summed E-state index contributed by atoms with van der Waals surface area (Å²) in [7, 11) is 0. The lowest BCUT2D eigenvalue weighted by Crippen LogP contribution is -2.46. The molecule has 4 N–H and O–H groups in total. The van der Waals surface area contributed by atoms with Crippen LogP contribution in [0.4, 0.5) is 5.69 Å². The molecule has 0 aliphatic heterocycles.